The van der Waals surface area contributed by atoms with Crippen LogP contribution in [-0.2, 0) is 0 Å². The molecule has 0 N–H and O–H groups in total. The molecule has 0 aliphatic heterocycles. The lowest BCUT2D eigenvalue weighted by Gasteiger charge is -2.20. The molecular weight excluding hydrogens is 278 g/mol. The van der Waals surface area contributed by atoms with Gasteiger partial charge in [0.15, 0.2) is 0 Å². The van der Waals surface area contributed by atoms with Gasteiger partial charge in [-0.3, -0.25) is 0 Å². The molecule has 0 unspecified atom stereocenters. The van der Waals surface area contributed by atoms with Crippen molar-refractivity contribution in [1.29, 1.82) is 0 Å². The molecule has 0 bridgehead atoms. The summed E-state index contributed by atoms with van der Waals surface area (Å²) in [4.78, 5) is 2.43. The van der Waals surface area contributed by atoms with E-state index < -0.39 is 0 Å². The van der Waals surface area contributed by atoms with Crippen molar-refractivity contribution in [3.8, 4) is 5.75 Å². The van der Waals surface area contributed by atoms with Gasteiger partial charge in [-0.1, -0.05) is 36.2 Å². The van der Waals surface area contributed by atoms with E-state index in [1.165, 1.54) is 19.4 Å². The summed E-state index contributed by atoms with van der Waals surface area (Å²) < 4.78 is 6.80. The summed E-state index contributed by atoms with van der Waals surface area (Å²) in [5.74, 6) is 0.944. The lowest BCUT2D eigenvalue weighted by molar-refractivity contribution is 0.213. The fourth-order valence-corrected chi connectivity index (χ4v) is 1.90. The van der Waals surface area contributed by atoms with Crippen LogP contribution in [0.5, 0.6) is 5.75 Å². The van der Waals surface area contributed by atoms with Gasteiger partial charge in [-0.05, 0) is 43.8 Å². The van der Waals surface area contributed by atoms with Crippen LogP contribution in [0.1, 0.15) is 26.7 Å². The Balaban J connectivity index is 2.23. The Morgan fingerprint density at radius 2 is 1.82 bits per heavy atom. The van der Waals surface area contributed by atoms with E-state index in [2.05, 4.69) is 34.7 Å². The summed E-state index contributed by atoms with van der Waals surface area (Å²) in [5.41, 5.74) is 0. The predicted octanol–water partition coefficient (Wildman–Crippen LogP) is 3.95. The first kappa shape index (κ1) is 14.5. The highest BCUT2D eigenvalue weighted by Gasteiger charge is 2.01. The van der Waals surface area contributed by atoms with Crippen molar-refractivity contribution in [2.75, 3.05) is 26.2 Å². The Morgan fingerprint density at radius 3 is 2.41 bits per heavy atom. The maximum Gasteiger partial charge on any atom is 0.119 e. The molecule has 0 heterocycles. The van der Waals surface area contributed by atoms with Crippen molar-refractivity contribution in [1.82, 2.24) is 4.90 Å². The second-order valence-corrected chi connectivity index (χ2v) is 5.01. The Kier molecular flexibility index (Phi) is 7.29. The molecule has 0 radical (unpaired) electrons. The first-order valence-corrected chi connectivity index (χ1v) is 7.16. The SMILES string of the molecule is CCCCN(CC)CCOc1ccc(Br)cc1. The Morgan fingerprint density at radius 1 is 1.12 bits per heavy atom. The van der Waals surface area contributed by atoms with Crippen LogP contribution in [0.25, 0.3) is 0 Å². The van der Waals surface area contributed by atoms with Crippen molar-refractivity contribution < 1.29 is 4.74 Å². The van der Waals surface area contributed by atoms with Crippen LogP contribution in [0.15, 0.2) is 28.7 Å². The summed E-state index contributed by atoms with van der Waals surface area (Å²) in [5, 5.41) is 0. The van der Waals surface area contributed by atoms with Crippen LogP contribution < -0.4 is 4.74 Å². The zero-order chi connectivity index (χ0) is 12.5. The first-order valence-electron chi connectivity index (χ1n) is 6.37. The Bertz CT molecular complexity index is 300. The van der Waals surface area contributed by atoms with Gasteiger partial charge < -0.3 is 9.64 Å². The largest absolute Gasteiger partial charge is 0.492 e. The number of ether oxygens (including phenoxy) is 1. The van der Waals surface area contributed by atoms with E-state index in [1.54, 1.807) is 0 Å². The van der Waals surface area contributed by atoms with Crippen LogP contribution in [-0.4, -0.2) is 31.1 Å². The molecule has 96 valence electrons. The normalized spacial score (nSPS) is 10.8. The van der Waals surface area contributed by atoms with Gasteiger partial charge in [0.05, 0.1) is 0 Å². The average molecular weight is 300 g/mol. The molecule has 0 amide bonds. The molecule has 0 saturated heterocycles. The van der Waals surface area contributed by atoms with Gasteiger partial charge in [0.2, 0.25) is 0 Å². The molecule has 0 aliphatic rings. The smallest absolute Gasteiger partial charge is 0.119 e. The van der Waals surface area contributed by atoms with Crippen molar-refractivity contribution in [3.63, 3.8) is 0 Å². The highest BCUT2D eigenvalue weighted by Crippen LogP contribution is 2.15. The maximum atomic E-state index is 5.71. The monoisotopic (exact) mass is 299 g/mol. The standard InChI is InChI=1S/C14H22BrNO/c1-3-5-10-16(4-2)11-12-17-14-8-6-13(15)7-9-14/h6-9H,3-5,10-12H2,1-2H3. The lowest BCUT2D eigenvalue weighted by Crippen LogP contribution is -2.29. The van der Waals surface area contributed by atoms with Gasteiger partial charge in [-0.15, -0.1) is 0 Å². The lowest BCUT2D eigenvalue weighted by atomic mass is 10.3. The molecule has 0 spiro atoms. The topological polar surface area (TPSA) is 12.5 Å². The summed E-state index contributed by atoms with van der Waals surface area (Å²) in [7, 11) is 0. The van der Waals surface area contributed by atoms with Crippen LogP contribution in [0.2, 0.25) is 0 Å². The second-order valence-electron chi connectivity index (χ2n) is 4.09. The minimum atomic E-state index is 0.763. The molecule has 0 saturated carbocycles. The molecule has 1 aromatic rings. The fourth-order valence-electron chi connectivity index (χ4n) is 1.63. The van der Waals surface area contributed by atoms with E-state index in [1.807, 2.05) is 24.3 Å². The minimum absolute atomic E-state index is 0.763. The maximum absolute atomic E-state index is 5.71. The Hall–Kier alpha value is -0.540. The van der Waals surface area contributed by atoms with E-state index in [4.69, 9.17) is 4.74 Å². The number of hydrogen-bond acceptors (Lipinski definition) is 2. The van der Waals surface area contributed by atoms with Gasteiger partial charge in [0, 0.05) is 11.0 Å². The number of benzene rings is 1. The Labute approximate surface area is 113 Å². The highest BCUT2D eigenvalue weighted by atomic mass is 79.9. The molecule has 3 heteroatoms. The van der Waals surface area contributed by atoms with E-state index in [9.17, 15) is 0 Å². The van der Waals surface area contributed by atoms with Gasteiger partial charge in [0.25, 0.3) is 0 Å². The fraction of sp³-hybridized carbons (Fsp3) is 0.571. The summed E-state index contributed by atoms with van der Waals surface area (Å²) in [6.45, 7) is 8.48. The number of unbranched alkanes of at least 4 members (excludes halogenated alkanes) is 1. The zero-order valence-corrected chi connectivity index (χ0v) is 12.4. The molecule has 0 fully saturated rings. The second kappa shape index (κ2) is 8.54. The minimum Gasteiger partial charge on any atom is -0.492 e. The quantitative estimate of drug-likeness (QED) is 0.721. The van der Waals surface area contributed by atoms with Crippen LogP contribution in [0, 0.1) is 0 Å². The number of likely N-dealkylation sites (N-methyl/N-ethyl adjacent to an activating group) is 1. The van der Waals surface area contributed by atoms with E-state index >= 15 is 0 Å². The van der Waals surface area contributed by atoms with Crippen molar-refractivity contribution in [2.45, 2.75) is 26.7 Å². The molecule has 0 aromatic heterocycles. The van der Waals surface area contributed by atoms with Crippen LogP contribution in [0.3, 0.4) is 0 Å². The third-order valence-electron chi connectivity index (χ3n) is 2.76. The number of hydrogen-bond donors (Lipinski definition) is 0. The zero-order valence-electron chi connectivity index (χ0n) is 10.8. The van der Waals surface area contributed by atoms with Crippen molar-refractivity contribution in [3.05, 3.63) is 28.7 Å². The van der Waals surface area contributed by atoms with Crippen molar-refractivity contribution in [2.24, 2.45) is 0 Å². The molecule has 17 heavy (non-hydrogen) atoms. The van der Waals surface area contributed by atoms with E-state index in [0.717, 1.165) is 29.9 Å². The number of rotatable bonds is 8. The first-order chi connectivity index (χ1) is 8.26. The average Bonchev–Trinajstić information content (AvgIpc) is 2.36. The molecule has 1 aromatic carbocycles. The predicted molar refractivity (Wildman–Crippen MR) is 76.7 cm³/mol. The molecule has 2 nitrogen and oxygen atoms in total. The molecular formula is C14H22BrNO. The number of halogens is 1. The molecule has 0 atom stereocenters. The molecule has 0 aliphatic carbocycles. The summed E-state index contributed by atoms with van der Waals surface area (Å²) >= 11 is 3.41. The third-order valence-corrected chi connectivity index (χ3v) is 3.29. The van der Waals surface area contributed by atoms with E-state index in [0.29, 0.717) is 0 Å². The van der Waals surface area contributed by atoms with Crippen molar-refractivity contribution >= 4 is 15.9 Å². The molecule has 1 rings (SSSR count). The summed E-state index contributed by atoms with van der Waals surface area (Å²) in [6.07, 6.45) is 2.52. The highest BCUT2D eigenvalue weighted by molar-refractivity contribution is 9.10. The third kappa shape index (κ3) is 6.08. The summed E-state index contributed by atoms with van der Waals surface area (Å²) in [6, 6.07) is 7.99. The van der Waals surface area contributed by atoms with Gasteiger partial charge in [-0.2, -0.15) is 0 Å². The van der Waals surface area contributed by atoms with Crippen LogP contribution in [0.4, 0.5) is 0 Å². The number of nitrogens with zero attached hydrogens (tertiary/aromatic N) is 1. The van der Waals surface area contributed by atoms with Gasteiger partial charge >= 0.3 is 0 Å². The van der Waals surface area contributed by atoms with E-state index in [-0.39, 0.29) is 0 Å². The van der Waals surface area contributed by atoms with Crippen LogP contribution >= 0.6 is 15.9 Å². The van der Waals surface area contributed by atoms with Gasteiger partial charge in [0.1, 0.15) is 12.4 Å². The van der Waals surface area contributed by atoms with Gasteiger partial charge in [-0.25, -0.2) is 0 Å².